The van der Waals surface area contributed by atoms with E-state index in [1.165, 1.54) is 0 Å². The first kappa shape index (κ1) is 16.4. The smallest absolute Gasteiger partial charge is 0.260 e. The van der Waals surface area contributed by atoms with Crippen LogP contribution in [-0.4, -0.2) is 35.2 Å². The van der Waals surface area contributed by atoms with Crippen molar-refractivity contribution in [2.75, 3.05) is 13.7 Å². The third kappa shape index (κ3) is 3.53. The maximum absolute atomic E-state index is 12.3. The summed E-state index contributed by atoms with van der Waals surface area (Å²) < 4.78 is 16.7. The van der Waals surface area contributed by atoms with Crippen LogP contribution in [-0.2, 0) is 17.8 Å². The molecule has 1 aliphatic rings. The molecular formula is C18H22N2O4. The van der Waals surface area contributed by atoms with Crippen LogP contribution in [0.2, 0.25) is 0 Å². The molecule has 6 heteroatoms. The lowest BCUT2D eigenvalue weighted by Crippen LogP contribution is -2.31. The van der Waals surface area contributed by atoms with E-state index in [0.717, 1.165) is 23.5 Å². The van der Waals surface area contributed by atoms with E-state index >= 15 is 0 Å². The van der Waals surface area contributed by atoms with Crippen LogP contribution >= 0.6 is 0 Å². The molecule has 3 rings (SSSR count). The van der Waals surface area contributed by atoms with Crippen molar-refractivity contribution in [1.82, 2.24) is 10.1 Å². The van der Waals surface area contributed by atoms with Gasteiger partial charge in [-0.2, -0.15) is 0 Å². The van der Waals surface area contributed by atoms with E-state index in [1.54, 1.807) is 11.9 Å². The molecule has 2 aromatic rings. The molecule has 0 unspecified atom stereocenters. The lowest BCUT2D eigenvalue weighted by atomic mass is 10.0. The first-order valence-corrected chi connectivity index (χ1v) is 7.94. The van der Waals surface area contributed by atoms with Crippen molar-refractivity contribution < 1.29 is 18.8 Å². The quantitative estimate of drug-likeness (QED) is 0.843. The van der Waals surface area contributed by atoms with Crippen molar-refractivity contribution in [1.29, 1.82) is 0 Å². The van der Waals surface area contributed by atoms with Crippen molar-refractivity contribution in [3.8, 4) is 11.5 Å². The van der Waals surface area contributed by atoms with Crippen LogP contribution in [0.15, 0.2) is 28.8 Å². The molecule has 0 atom stereocenters. The Kier molecular flexibility index (Phi) is 4.22. The highest BCUT2D eigenvalue weighted by Crippen LogP contribution is 2.41. The maximum Gasteiger partial charge on any atom is 0.260 e. The van der Waals surface area contributed by atoms with Gasteiger partial charge in [0.05, 0.1) is 6.54 Å². The molecule has 0 saturated heterocycles. The van der Waals surface area contributed by atoms with Gasteiger partial charge in [0.1, 0.15) is 17.1 Å². The number of amides is 1. The van der Waals surface area contributed by atoms with Crippen LogP contribution < -0.4 is 9.47 Å². The minimum atomic E-state index is -0.243. The van der Waals surface area contributed by atoms with Gasteiger partial charge in [0.15, 0.2) is 18.1 Å². The van der Waals surface area contributed by atoms with Crippen LogP contribution in [0.5, 0.6) is 11.5 Å². The molecule has 0 bridgehead atoms. The standard InChI is InChI=1S/C18H22N2O4/c1-12-8-14(19-24-12)10-20(4)16(21)11-22-15-7-5-6-13-9-18(2,3)23-17(13)15/h5-8H,9-11H2,1-4H3. The fourth-order valence-corrected chi connectivity index (χ4v) is 2.77. The molecule has 24 heavy (non-hydrogen) atoms. The van der Waals surface area contributed by atoms with Gasteiger partial charge in [0, 0.05) is 25.1 Å². The van der Waals surface area contributed by atoms with Gasteiger partial charge in [-0.15, -0.1) is 0 Å². The second-order valence-corrected chi connectivity index (χ2v) is 6.75. The summed E-state index contributed by atoms with van der Waals surface area (Å²) in [5, 5.41) is 3.89. The molecule has 0 saturated carbocycles. The molecule has 1 aliphatic heterocycles. The van der Waals surface area contributed by atoms with Gasteiger partial charge in [-0.1, -0.05) is 17.3 Å². The van der Waals surface area contributed by atoms with Crippen LogP contribution in [0.4, 0.5) is 0 Å². The number of rotatable bonds is 5. The van der Waals surface area contributed by atoms with Gasteiger partial charge >= 0.3 is 0 Å². The molecule has 128 valence electrons. The van der Waals surface area contributed by atoms with Crippen molar-refractivity contribution in [3.63, 3.8) is 0 Å². The molecule has 1 aromatic heterocycles. The van der Waals surface area contributed by atoms with Crippen molar-refractivity contribution in [2.45, 2.75) is 39.3 Å². The van der Waals surface area contributed by atoms with Gasteiger partial charge in [0.25, 0.3) is 5.91 Å². The number of nitrogens with zero attached hydrogens (tertiary/aromatic N) is 2. The third-order valence-corrected chi connectivity index (χ3v) is 3.91. The van der Waals surface area contributed by atoms with Crippen molar-refractivity contribution >= 4 is 5.91 Å². The van der Waals surface area contributed by atoms with Crippen LogP contribution in [0, 0.1) is 6.92 Å². The predicted molar refractivity (Wildman–Crippen MR) is 88.1 cm³/mol. The second-order valence-electron chi connectivity index (χ2n) is 6.75. The summed E-state index contributed by atoms with van der Waals surface area (Å²) in [4.78, 5) is 13.8. The SMILES string of the molecule is Cc1cc(CN(C)C(=O)COc2cccc3c2OC(C)(C)C3)no1. The number of fused-ring (bicyclic) bond motifs is 1. The summed E-state index contributed by atoms with van der Waals surface area (Å²) in [6.45, 7) is 6.23. The Balaban J connectivity index is 1.60. The van der Waals surface area contributed by atoms with Gasteiger partial charge in [-0.05, 0) is 26.8 Å². The predicted octanol–water partition coefficient (Wildman–Crippen LogP) is 2.73. The van der Waals surface area contributed by atoms with Crippen molar-refractivity contribution in [3.05, 3.63) is 41.3 Å². The molecule has 0 fully saturated rings. The maximum atomic E-state index is 12.3. The Bertz CT molecular complexity index is 751. The van der Waals surface area contributed by atoms with Crippen LogP contribution in [0.1, 0.15) is 30.9 Å². The average molecular weight is 330 g/mol. The van der Waals surface area contributed by atoms with Crippen molar-refractivity contribution in [2.24, 2.45) is 0 Å². The van der Waals surface area contributed by atoms with E-state index in [1.807, 2.05) is 45.0 Å². The molecule has 1 amide bonds. The minimum Gasteiger partial charge on any atom is -0.483 e. The molecule has 6 nitrogen and oxygen atoms in total. The fraction of sp³-hybridized carbons (Fsp3) is 0.444. The lowest BCUT2D eigenvalue weighted by Gasteiger charge is -2.19. The Morgan fingerprint density at radius 3 is 2.92 bits per heavy atom. The zero-order valence-corrected chi connectivity index (χ0v) is 14.5. The zero-order valence-electron chi connectivity index (χ0n) is 14.5. The first-order chi connectivity index (χ1) is 11.3. The molecule has 0 N–H and O–H groups in total. The highest BCUT2D eigenvalue weighted by atomic mass is 16.5. The van der Waals surface area contributed by atoms with E-state index in [2.05, 4.69) is 5.16 Å². The number of aryl methyl sites for hydroxylation is 1. The van der Waals surface area contributed by atoms with E-state index in [-0.39, 0.29) is 18.1 Å². The number of hydrogen-bond donors (Lipinski definition) is 0. The molecular weight excluding hydrogens is 308 g/mol. The lowest BCUT2D eigenvalue weighted by molar-refractivity contribution is -0.132. The van der Waals surface area contributed by atoms with Crippen LogP contribution in [0.25, 0.3) is 0 Å². The number of hydrogen-bond acceptors (Lipinski definition) is 5. The number of ether oxygens (including phenoxy) is 2. The van der Waals surface area contributed by atoms with Gasteiger partial charge in [-0.3, -0.25) is 4.79 Å². The van der Waals surface area contributed by atoms with Gasteiger partial charge in [-0.25, -0.2) is 0 Å². The number of likely N-dealkylation sites (N-methyl/N-ethyl adjacent to an activating group) is 1. The van der Waals surface area contributed by atoms with Crippen LogP contribution in [0.3, 0.4) is 0 Å². The largest absolute Gasteiger partial charge is 0.483 e. The fourth-order valence-electron chi connectivity index (χ4n) is 2.77. The first-order valence-electron chi connectivity index (χ1n) is 7.94. The average Bonchev–Trinajstić information content (AvgIpc) is 3.05. The summed E-state index contributed by atoms with van der Waals surface area (Å²) in [7, 11) is 1.71. The molecule has 2 heterocycles. The summed E-state index contributed by atoms with van der Waals surface area (Å²) in [6, 6.07) is 7.59. The molecule has 0 radical (unpaired) electrons. The van der Waals surface area contributed by atoms with E-state index in [9.17, 15) is 4.79 Å². The normalized spacial score (nSPS) is 14.8. The van der Waals surface area contributed by atoms with Gasteiger partial charge < -0.3 is 18.9 Å². The number of aromatic nitrogens is 1. The molecule has 1 aromatic carbocycles. The summed E-state index contributed by atoms with van der Waals surface area (Å²) in [6.07, 6.45) is 0.832. The number of benzene rings is 1. The van der Waals surface area contributed by atoms with E-state index < -0.39 is 0 Å². The summed E-state index contributed by atoms with van der Waals surface area (Å²) in [5.41, 5.74) is 1.58. The minimum absolute atomic E-state index is 0.0480. The summed E-state index contributed by atoms with van der Waals surface area (Å²) in [5.74, 6) is 1.94. The highest BCUT2D eigenvalue weighted by Gasteiger charge is 2.32. The van der Waals surface area contributed by atoms with E-state index in [0.29, 0.717) is 18.0 Å². The van der Waals surface area contributed by atoms with Gasteiger partial charge in [0.2, 0.25) is 0 Å². The Morgan fingerprint density at radius 2 is 2.21 bits per heavy atom. The zero-order chi connectivity index (χ0) is 17.3. The Hall–Kier alpha value is -2.50. The second kappa shape index (κ2) is 6.19. The topological polar surface area (TPSA) is 64.8 Å². The highest BCUT2D eigenvalue weighted by molar-refractivity contribution is 5.77. The summed E-state index contributed by atoms with van der Waals surface area (Å²) >= 11 is 0. The number of carbonyl (C=O) groups excluding carboxylic acids is 1. The molecule has 0 spiro atoms. The number of para-hydroxylation sites is 1. The molecule has 0 aliphatic carbocycles. The third-order valence-electron chi connectivity index (χ3n) is 3.91. The Morgan fingerprint density at radius 1 is 1.42 bits per heavy atom. The number of carbonyl (C=O) groups is 1. The monoisotopic (exact) mass is 330 g/mol. The van der Waals surface area contributed by atoms with E-state index in [4.69, 9.17) is 14.0 Å². The Labute approximate surface area is 141 Å².